The summed E-state index contributed by atoms with van der Waals surface area (Å²) in [6.07, 6.45) is -4.29. The van der Waals surface area contributed by atoms with Crippen LogP contribution in [0.2, 0.25) is 0 Å². The van der Waals surface area contributed by atoms with E-state index in [0.29, 0.717) is 13.0 Å². The van der Waals surface area contributed by atoms with Crippen LogP contribution in [0.3, 0.4) is 0 Å². The fraction of sp³-hybridized carbons (Fsp3) is 0.462. The molecule has 1 N–H and O–H groups in total. The van der Waals surface area contributed by atoms with Crippen molar-refractivity contribution in [3.63, 3.8) is 0 Å². The Balaban J connectivity index is 2.31. The van der Waals surface area contributed by atoms with E-state index in [4.69, 9.17) is 5.26 Å². The van der Waals surface area contributed by atoms with Crippen molar-refractivity contribution < 1.29 is 21.6 Å². The van der Waals surface area contributed by atoms with E-state index < -0.39 is 32.6 Å². The lowest BCUT2D eigenvalue weighted by Crippen LogP contribution is -2.34. The number of hydrogen-bond acceptors (Lipinski definition) is 4. The van der Waals surface area contributed by atoms with E-state index >= 15 is 0 Å². The maximum Gasteiger partial charge on any atom is 0.417 e. The van der Waals surface area contributed by atoms with E-state index in [2.05, 4.69) is 4.72 Å². The first-order chi connectivity index (χ1) is 10.2. The maximum atomic E-state index is 12.9. The van der Waals surface area contributed by atoms with Gasteiger partial charge in [0.05, 0.1) is 22.4 Å². The first kappa shape index (κ1) is 16.6. The van der Waals surface area contributed by atoms with Gasteiger partial charge in [-0.15, -0.1) is 0 Å². The lowest BCUT2D eigenvalue weighted by Gasteiger charge is -2.20. The molecule has 1 atom stereocenters. The Bertz CT molecular complexity index is 710. The maximum absolute atomic E-state index is 12.9. The van der Waals surface area contributed by atoms with Gasteiger partial charge >= 0.3 is 6.18 Å². The molecule has 120 valence electrons. The van der Waals surface area contributed by atoms with Gasteiger partial charge in [0.1, 0.15) is 0 Å². The van der Waals surface area contributed by atoms with Gasteiger partial charge in [-0.3, -0.25) is 0 Å². The highest BCUT2D eigenvalue weighted by atomic mass is 32.2. The van der Waals surface area contributed by atoms with Gasteiger partial charge in [-0.1, -0.05) is 0 Å². The Morgan fingerprint density at radius 3 is 2.64 bits per heavy atom. The van der Waals surface area contributed by atoms with Crippen LogP contribution in [0.5, 0.6) is 0 Å². The van der Waals surface area contributed by atoms with Crippen molar-refractivity contribution in [2.45, 2.75) is 17.8 Å². The van der Waals surface area contributed by atoms with Crippen LogP contribution in [0, 0.1) is 11.3 Å². The van der Waals surface area contributed by atoms with Crippen LogP contribution in [0.25, 0.3) is 0 Å². The highest BCUT2D eigenvalue weighted by Crippen LogP contribution is 2.35. The van der Waals surface area contributed by atoms with E-state index in [0.717, 1.165) is 12.1 Å². The molecule has 1 saturated heterocycles. The smallest absolute Gasteiger partial charge is 0.370 e. The number of benzene rings is 1. The molecule has 0 saturated carbocycles. The predicted molar refractivity (Wildman–Crippen MR) is 74.8 cm³/mol. The van der Waals surface area contributed by atoms with Gasteiger partial charge in [-0.25, -0.2) is 13.1 Å². The Labute approximate surface area is 126 Å². The third kappa shape index (κ3) is 3.18. The highest BCUT2D eigenvalue weighted by molar-refractivity contribution is 7.90. The summed E-state index contributed by atoms with van der Waals surface area (Å²) in [6.45, 7) is 0.459. The number of alkyl halides is 3. The van der Waals surface area contributed by atoms with Crippen molar-refractivity contribution in [3.8, 4) is 6.07 Å². The molecule has 0 bridgehead atoms. The van der Waals surface area contributed by atoms with E-state index in [1.165, 1.54) is 19.2 Å². The lowest BCUT2D eigenvalue weighted by molar-refractivity contribution is -0.137. The average Bonchev–Trinajstić information content (AvgIpc) is 2.96. The Kier molecular flexibility index (Phi) is 4.35. The molecule has 1 heterocycles. The number of halogens is 3. The van der Waals surface area contributed by atoms with Crippen LogP contribution in [0.15, 0.2) is 18.2 Å². The molecule has 2 rings (SSSR count). The largest absolute Gasteiger partial charge is 0.417 e. The quantitative estimate of drug-likeness (QED) is 0.914. The summed E-state index contributed by atoms with van der Waals surface area (Å²) in [5.74, 6) is 0. The van der Waals surface area contributed by atoms with Gasteiger partial charge in [0.15, 0.2) is 0 Å². The van der Waals surface area contributed by atoms with E-state index in [1.54, 1.807) is 4.90 Å². The van der Waals surface area contributed by atoms with E-state index in [9.17, 15) is 21.6 Å². The number of sulfonamides is 1. The third-order valence-corrected chi connectivity index (χ3v) is 5.49. The molecule has 1 aliphatic rings. The van der Waals surface area contributed by atoms with Gasteiger partial charge in [0, 0.05) is 18.8 Å². The van der Waals surface area contributed by atoms with Crippen molar-refractivity contribution in [2.75, 3.05) is 25.0 Å². The average molecular weight is 333 g/mol. The normalized spacial score (nSPS) is 19.2. The van der Waals surface area contributed by atoms with Gasteiger partial charge in [-0.2, -0.15) is 18.4 Å². The van der Waals surface area contributed by atoms with Crippen molar-refractivity contribution in [1.82, 2.24) is 4.72 Å². The number of nitrogens with one attached hydrogen (secondary N) is 1. The van der Waals surface area contributed by atoms with Crippen molar-refractivity contribution in [1.29, 1.82) is 5.26 Å². The zero-order valence-electron chi connectivity index (χ0n) is 11.7. The summed E-state index contributed by atoms with van der Waals surface area (Å²) in [5.41, 5.74) is -1.19. The number of nitrogens with zero attached hydrogens (tertiary/aromatic N) is 2. The molecule has 0 radical (unpaired) electrons. The van der Waals surface area contributed by atoms with Gasteiger partial charge in [-0.05, 0) is 31.7 Å². The Morgan fingerprint density at radius 2 is 2.09 bits per heavy atom. The van der Waals surface area contributed by atoms with Gasteiger partial charge in [0.25, 0.3) is 0 Å². The fourth-order valence-electron chi connectivity index (χ4n) is 2.44. The van der Waals surface area contributed by atoms with Crippen LogP contribution in [-0.4, -0.2) is 33.8 Å². The zero-order chi connectivity index (χ0) is 16.5. The second-order valence-corrected chi connectivity index (χ2v) is 7.11. The van der Waals surface area contributed by atoms with Crippen molar-refractivity contribution in [3.05, 3.63) is 29.3 Å². The molecule has 0 aliphatic carbocycles. The third-order valence-electron chi connectivity index (χ3n) is 3.66. The number of nitriles is 1. The summed E-state index contributed by atoms with van der Waals surface area (Å²) in [4.78, 5) is 1.58. The minimum atomic E-state index is -4.63. The Hall–Kier alpha value is -1.79. The topological polar surface area (TPSA) is 73.2 Å². The second-order valence-electron chi connectivity index (χ2n) is 4.95. The summed E-state index contributed by atoms with van der Waals surface area (Å²) in [6, 6.07) is 4.93. The molecule has 0 spiro atoms. The molecular formula is C13H14F3N3O2S. The number of rotatable bonds is 3. The molecule has 5 nitrogen and oxygen atoms in total. The zero-order valence-corrected chi connectivity index (χ0v) is 12.5. The van der Waals surface area contributed by atoms with Gasteiger partial charge < -0.3 is 4.90 Å². The number of anilines is 1. The van der Waals surface area contributed by atoms with Crippen molar-refractivity contribution >= 4 is 15.7 Å². The van der Waals surface area contributed by atoms with Crippen LogP contribution in [-0.2, 0) is 16.2 Å². The van der Waals surface area contributed by atoms with Crippen molar-refractivity contribution in [2.24, 2.45) is 0 Å². The molecule has 1 aromatic rings. The second kappa shape index (κ2) is 5.78. The molecule has 0 amide bonds. The van der Waals surface area contributed by atoms with E-state index in [-0.39, 0.29) is 12.2 Å². The molecule has 22 heavy (non-hydrogen) atoms. The Morgan fingerprint density at radius 1 is 1.41 bits per heavy atom. The lowest BCUT2D eigenvalue weighted by atomic mass is 10.1. The predicted octanol–water partition coefficient (Wildman–Crippen LogP) is 1.70. The molecule has 0 unspecified atom stereocenters. The summed E-state index contributed by atoms with van der Waals surface area (Å²) < 4.78 is 64.6. The fourth-order valence-corrected chi connectivity index (χ4v) is 3.57. The van der Waals surface area contributed by atoms with Crippen LogP contribution in [0.1, 0.15) is 17.5 Å². The van der Waals surface area contributed by atoms with Gasteiger partial charge in [0.2, 0.25) is 10.0 Å². The molecule has 0 aromatic heterocycles. The first-order valence-corrected chi connectivity index (χ1v) is 8.02. The standard InChI is InChI=1S/C13H14F3N3O2S/c1-18-22(20,21)11-4-5-19(8-11)10-3-2-9(7-17)12(6-10)13(14,15)16/h2-3,6,11,18H,4-5,8H2,1H3/t11-/m1/s1. The molecule has 1 fully saturated rings. The molecule has 1 aromatic carbocycles. The first-order valence-electron chi connectivity index (χ1n) is 6.47. The van der Waals surface area contributed by atoms with Crippen LogP contribution in [0.4, 0.5) is 18.9 Å². The minimum absolute atomic E-state index is 0.117. The molecular weight excluding hydrogens is 319 g/mol. The monoisotopic (exact) mass is 333 g/mol. The molecule has 1 aliphatic heterocycles. The minimum Gasteiger partial charge on any atom is -0.370 e. The van der Waals surface area contributed by atoms with Crippen LogP contribution < -0.4 is 9.62 Å². The van der Waals surface area contributed by atoms with Crippen LogP contribution >= 0.6 is 0 Å². The summed E-state index contributed by atoms with van der Waals surface area (Å²) >= 11 is 0. The number of hydrogen-bond donors (Lipinski definition) is 1. The summed E-state index contributed by atoms with van der Waals surface area (Å²) in [7, 11) is -2.15. The van der Waals surface area contributed by atoms with E-state index in [1.807, 2.05) is 0 Å². The summed E-state index contributed by atoms with van der Waals surface area (Å²) in [5, 5.41) is 8.10. The SMILES string of the molecule is CNS(=O)(=O)[C@@H]1CCN(c2ccc(C#N)c(C(F)(F)F)c2)C1. The highest BCUT2D eigenvalue weighted by Gasteiger charge is 2.36. The molecule has 9 heteroatoms.